The summed E-state index contributed by atoms with van der Waals surface area (Å²) in [5, 5.41) is 3.37. The van der Waals surface area contributed by atoms with Gasteiger partial charge in [0, 0.05) is 44.1 Å². The molecule has 0 aromatic carbocycles. The van der Waals surface area contributed by atoms with E-state index in [-0.39, 0.29) is 0 Å². The zero-order valence-corrected chi connectivity index (χ0v) is 11.1. The molecule has 100 valence electrons. The van der Waals surface area contributed by atoms with Gasteiger partial charge in [0.2, 0.25) is 0 Å². The van der Waals surface area contributed by atoms with Gasteiger partial charge >= 0.3 is 0 Å². The van der Waals surface area contributed by atoms with E-state index in [2.05, 4.69) is 32.1 Å². The number of imidazole rings is 1. The minimum Gasteiger partial charge on any atom is -0.341 e. The Labute approximate surface area is 113 Å². The predicted molar refractivity (Wildman–Crippen MR) is 74.7 cm³/mol. The van der Waals surface area contributed by atoms with Gasteiger partial charge in [0.1, 0.15) is 5.82 Å². The van der Waals surface area contributed by atoms with Crippen molar-refractivity contribution in [2.45, 2.75) is 13.0 Å². The van der Waals surface area contributed by atoms with Crippen LogP contribution in [0.1, 0.15) is 18.8 Å². The number of piperazine rings is 1. The lowest BCUT2D eigenvalue weighted by Crippen LogP contribution is -2.44. The summed E-state index contributed by atoms with van der Waals surface area (Å²) in [4.78, 5) is 14.4. The van der Waals surface area contributed by atoms with Gasteiger partial charge < -0.3 is 10.3 Å². The average molecular weight is 257 g/mol. The quantitative estimate of drug-likeness (QED) is 0.873. The molecule has 3 rings (SSSR count). The van der Waals surface area contributed by atoms with Crippen LogP contribution in [0.2, 0.25) is 0 Å². The standard InChI is InChI=1S/C14H19N5/c1-11(19-8-6-16-7-9-19)14-17-10-13(18-14)12-2-4-15-5-3-12/h2-5,10-11,16H,6-9H2,1H3,(H,17,18). The Hall–Kier alpha value is -1.72. The molecule has 2 aromatic rings. The monoisotopic (exact) mass is 257 g/mol. The van der Waals surface area contributed by atoms with Gasteiger partial charge in [-0.05, 0) is 19.1 Å². The minimum atomic E-state index is 0.331. The van der Waals surface area contributed by atoms with Gasteiger partial charge in [0.05, 0.1) is 17.9 Å². The highest BCUT2D eigenvalue weighted by atomic mass is 15.2. The molecule has 0 amide bonds. The third kappa shape index (κ3) is 2.67. The summed E-state index contributed by atoms with van der Waals surface area (Å²) in [6.07, 6.45) is 5.51. The molecule has 19 heavy (non-hydrogen) atoms. The minimum absolute atomic E-state index is 0.331. The summed E-state index contributed by atoms with van der Waals surface area (Å²) < 4.78 is 0. The van der Waals surface area contributed by atoms with Gasteiger partial charge in [-0.1, -0.05) is 0 Å². The summed E-state index contributed by atoms with van der Waals surface area (Å²) in [7, 11) is 0. The molecule has 5 heteroatoms. The van der Waals surface area contributed by atoms with Gasteiger partial charge in [-0.2, -0.15) is 0 Å². The molecular formula is C14H19N5. The van der Waals surface area contributed by atoms with Crippen molar-refractivity contribution in [1.82, 2.24) is 25.2 Å². The molecule has 5 nitrogen and oxygen atoms in total. The lowest BCUT2D eigenvalue weighted by molar-refractivity contribution is 0.180. The third-order valence-electron chi connectivity index (χ3n) is 3.68. The first-order chi connectivity index (χ1) is 9.34. The fourth-order valence-corrected chi connectivity index (χ4v) is 2.47. The third-order valence-corrected chi connectivity index (χ3v) is 3.68. The molecule has 1 fully saturated rings. The fraction of sp³-hybridized carbons (Fsp3) is 0.429. The van der Waals surface area contributed by atoms with Crippen LogP contribution in [0.5, 0.6) is 0 Å². The Bertz CT molecular complexity index is 516. The maximum absolute atomic E-state index is 4.53. The van der Waals surface area contributed by atoms with E-state index in [0.29, 0.717) is 6.04 Å². The highest BCUT2D eigenvalue weighted by molar-refractivity contribution is 5.57. The first-order valence-corrected chi connectivity index (χ1v) is 6.74. The van der Waals surface area contributed by atoms with E-state index in [0.717, 1.165) is 43.3 Å². The summed E-state index contributed by atoms with van der Waals surface area (Å²) in [6.45, 7) is 6.48. The Balaban J connectivity index is 1.77. The Morgan fingerprint density at radius 1 is 1.21 bits per heavy atom. The van der Waals surface area contributed by atoms with E-state index in [1.165, 1.54) is 0 Å². The molecule has 3 heterocycles. The second kappa shape index (κ2) is 5.50. The first kappa shape index (κ1) is 12.3. The van der Waals surface area contributed by atoms with Crippen LogP contribution in [-0.4, -0.2) is 46.0 Å². The summed E-state index contributed by atoms with van der Waals surface area (Å²) in [5.41, 5.74) is 2.18. The van der Waals surface area contributed by atoms with E-state index in [9.17, 15) is 0 Å². The molecule has 0 bridgehead atoms. The van der Waals surface area contributed by atoms with Gasteiger partial charge in [-0.15, -0.1) is 0 Å². The van der Waals surface area contributed by atoms with Crippen molar-refractivity contribution in [3.05, 3.63) is 36.5 Å². The van der Waals surface area contributed by atoms with Crippen molar-refractivity contribution in [2.75, 3.05) is 26.2 Å². The van der Waals surface area contributed by atoms with Crippen molar-refractivity contribution in [2.24, 2.45) is 0 Å². The molecule has 0 saturated carbocycles. The Morgan fingerprint density at radius 2 is 1.95 bits per heavy atom. The van der Waals surface area contributed by atoms with Crippen LogP contribution in [0, 0.1) is 0 Å². The maximum Gasteiger partial charge on any atom is 0.123 e. The zero-order valence-electron chi connectivity index (χ0n) is 11.1. The number of aromatic nitrogens is 3. The highest BCUT2D eigenvalue weighted by Gasteiger charge is 2.20. The van der Waals surface area contributed by atoms with Crippen molar-refractivity contribution in [3.63, 3.8) is 0 Å². The van der Waals surface area contributed by atoms with Gasteiger partial charge in [-0.25, -0.2) is 4.98 Å². The van der Waals surface area contributed by atoms with E-state index >= 15 is 0 Å². The topological polar surface area (TPSA) is 56.8 Å². The van der Waals surface area contributed by atoms with E-state index in [4.69, 9.17) is 0 Å². The van der Waals surface area contributed by atoms with Crippen molar-refractivity contribution < 1.29 is 0 Å². The van der Waals surface area contributed by atoms with Crippen LogP contribution in [0.15, 0.2) is 30.7 Å². The molecule has 2 aromatic heterocycles. The highest BCUT2D eigenvalue weighted by Crippen LogP contribution is 2.21. The summed E-state index contributed by atoms with van der Waals surface area (Å²) >= 11 is 0. The maximum atomic E-state index is 4.53. The normalized spacial score (nSPS) is 18.4. The molecule has 0 aliphatic carbocycles. The van der Waals surface area contributed by atoms with Crippen LogP contribution in [-0.2, 0) is 0 Å². The zero-order chi connectivity index (χ0) is 13.1. The molecule has 0 radical (unpaired) electrons. The van der Waals surface area contributed by atoms with Crippen molar-refractivity contribution in [3.8, 4) is 11.3 Å². The Morgan fingerprint density at radius 3 is 2.68 bits per heavy atom. The number of H-pyrrole nitrogens is 1. The molecular weight excluding hydrogens is 238 g/mol. The number of pyridine rings is 1. The van der Waals surface area contributed by atoms with Crippen molar-refractivity contribution in [1.29, 1.82) is 0 Å². The van der Waals surface area contributed by atoms with E-state index < -0.39 is 0 Å². The largest absolute Gasteiger partial charge is 0.341 e. The summed E-state index contributed by atoms with van der Waals surface area (Å²) in [6, 6.07) is 4.32. The van der Waals surface area contributed by atoms with Gasteiger partial charge in [0.25, 0.3) is 0 Å². The van der Waals surface area contributed by atoms with Crippen molar-refractivity contribution >= 4 is 0 Å². The Kier molecular flexibility index (Phi) is 3.57. The molecule has 0 spiro atoms. The number of hydrogen-bond donors (Lipinski definition) is 2. The lowest BCUT2D eigenvalue weighted by Gasteiger charge is -2.31. The molecule has 1 aliphatic heterocycles. The molecule has 1 aliphatic rings. The number of nitrogens with one attached hydrogen (secondary N) is 2. The van der Waals surface area contributed by atoms with E-state index in [1.54, 1.807) is 12.4 Å². The average Bonchev–Trinajstić information content (AvgIpc) is 2.98. The molecule has 2 N–H and O–H groups in total. The van der Waals surface area contributed by atoms with Crippen LogP contribution in [0.25, 0.3) is 11.3 Å². The number of nitrogens with zero attached hydrogens (tertiary/aromatic N) is 3. The number of aromatic amines is 1. The van der Waals surface area contributed by atoms with Gasteiger partial charge in [0.15, 0.2) is 0 Å². The number of rotatable bonds is 3. The van der Waals surface area contributed by atoms with E-state index in [1.807, 2.05) is 18.3 Å². The van der Waals surface area contributed by atoms with Gasteiger partial charge in [-0.3, -0.25) is 9.88 Å². The first-order valence-electron chi connectivity index (χ1n) is 6.74. The molecule has 1 atom stereocenters. The van der Waals surface area contributed by atoms with Crippen LogP contribution in [0.4, 0.5) is 0 Å². The fourth-order valence-electron chi connectivity index (χ4n) is 2.47. The lowest BCUT2D eigenvalue weighted by atomic mass is 10.2. The second-order valence-electron chi connectivity index (χ2n) is 4.88. The number of hydrogen-bond acceptors (Lipinski definition) is 4. The molecule has 1 saturated heterocycles. The van der Waals surface area contributed by atoms with Crippen LogP contribution in [0.3, 0.4) is 0 Å². The SMILES string of the molecule is CC(c1ncc(-c2ccncc2)[nH]1)N1CCNCC1. The second-order valence-corrected chi connectivity index (χ2v) is 4.88. The predicted octanol–water partition coefficient (Wildman–Crippen LogP) is 1.44. The molecule has 1 unspecified atom stereocenters. The summed E-state index contributed by atoms with van der Waals surface area (Å²) in [5.74, 6) is 1.04. The van der Waals surface area contributed by atoms with Crippen LogP contribution < -0.4 is 5.32 Å². The van der Waals surface area contributed by atoms with Crippen LogP contribution >= 0.6 is 0 Å². The smallest absolute Gasteiger partial charge is 0.123 e.